The molecule has 0 radical (unpaired) electrons. The highest BCUT2D eigenvalue weighted by Gasteiger charge is 2.32. The molecular weight excluding hydrogens is 380 g/mol. The number of aromatic nitrogens is 1. The number of hydrogen-bond donors (Lipinski definition) is 2. The summed E-state index contributed by atoms with van der Waals surface area (Å²) in [7, 11) is 1.53. The number of carbonyl (C=O) groups excluding carboxylic acids is 3. The number of anilines is 3. The second-order valence-corrected chi connectivity index (χ2v) is 7.09. The van der Waals surface area contributed by atoms with E-state index < -0.39 is 6.03 Å². The van der Waals surface area contributed by atoms with Crippen LogP contribution in [0.4, 0.5) is 21.3 Å². The number of amides is 4. The van der Waals surface area contributed by atoms with Crippen LogP contribution in [-0.4, -0.2) is 29.9 Å². The maximum atomic E-state index is 12.3. The quantitative estimate of drug-likeness (QED) is 0.656. The summed E-state index contributed by atoms with van der Waals surface area (Å²) in [6.45, 7) is 0. The molecule has 1 saturated heterocycles. The number of urea groups is 1. The van der Waals surface area contributed by atoms with E-state index in [0.29, 0.717) is 27.8 Å². The number of thiazole rings is 1. The first-order chi connectivity index (χ1) is 13.5. The Morgan fingerprint density at radius 3 is 2.61 bits per heavy atom. The number of ether oxygens (including phenoxy) is 1. The normalized spacial score (nSPS) is 13.8. The second kappa shape index (κ2) is 7.28. The molecule has 1 aromatic heterocycles. The summed E-state index contributed by atoms with van der Waals surface area (Å²) in [4.78, 5) is 41.6. The molecule has 8 nitrogen and oxygen atoms in total. The number of fused-ring (bicyclic) bond motifs is 1. The first-order valence-electron chi connectivity index (χ1n) is 8.52. The van der Waals surface area contributed by atoms with Crippen molar-refractivity contribution in [2.45, 2.75) is 12.8 Å². The third-order valence-corrected chi connectivity index (χ3v) is 5.24. The summed E-state index contributed by atoms with van der Waals surface area (Å²) in [6, 6.07) is 11.9. The molecule has 28 heavy (non-hydrogen) atoms. The number of nitrogens with one attached hydrogen (secondary N) is 2. The molecule has 1 fully saturated rings. The Morgan fingerprint density at radius 1 is 1.11 bits per heavy atom. The molecule has 1 aliphatic heterocycles. The minimum atomic E-state index is -0.418. The van der Waals surface area contributed by atoms with Crippen molar-refractivity contribution >= 4 is 55.9 Å². The summed E-state index contributed by atoms with van der Waals surface area (Å²) in [5.41, 5.74) is 1.77. The van der Waals surface area contributed by atoms with Crippen molar-refractivity contribution in [1.82, 2.24) is 4.98 Å². The fourth-order valence-corrected chi connectivity index (χ4v) is 3.95. The van der Waals surface area contributed by atoms with Crippen molar-refractivity contribution in [3.63, 3.8) is 0 Å². The van der Waals surface area contributed by atoms with Gasteiger partial charge in [0, 0.05) is 18.5 Å². The standard InChI is InChI=1S/C19H16N4O4S/c1-27-14-5-3-2-4-12(14)21-18(26)20-11-6-7-13-15(10-11)28-19(22-13)23-16(24)8-9-17(23)25/h2-7,10H,8-9H2,1H3,(H2,20,21,26). The summed E-state index contributed by atoms with van der Waals surface area (Å²) in [6.07, 6.45) is 0.426. The van der Waals surface area contributed by atoms with Gasteiger partial charge >= 0.3 is 6.03 Å². The van der Waals surface area contributed by atoms with Gasteiger partial charge in [-0.05, 0) is 30.3 Å². The lowest BCUT2D eigenvalue weighted by Crippen LogP contribution is -2.28. The number of benzene rings is 2. The summed E-state index contributed by atoms with van der Waals surface area (Å²) in [5.74, 6) is 0.0809. The van der Waals surface area contributed by atoms with E-state index in [0.717, 1.165) is 9.60 Å². The van der Waals surface area contributed by atoms with Gasteiger partial charge in [-0.15, -0.1) is 0 Å². The van der Waals surface area contributed by atoms with Crippen LogP contribution < -0.4 is 20.3 Å². The number of hydrogen-bond acceptors (Lipinski definition) is 6. The molecule has 3 aromatic rings. The molecule has 9 heteroatoms. The average molecular weight is 396 g/mol. The lowest BCUT2D eigenvalue weighted by Gasteiger charge is -2.10. The monoisotopic (exact) mass is 396 g/mol. The molecule has 142 valence electrons. The van der Waals surface area contributed by atoms with Crippen LogP contribution in [0.2, 0.25) is 0 Å². The van der Waals surface area contributed by atoms with Crippen molar-refractivity contribution in [1.29, 1.82) is 0 Å². The predicted molar refractivity (Wildman–Crippen MR) is 107 cm³/mol. The van der Waals surface area contributed by atoms with Crippen LogP contribution in [0.3, 0.4) is 0 Å². The molecule has 0 atom stereocenters. The molecule has 0 saturated carbocycles. The Kier molecular flexibility index (Phi) is 4.66. The lowest BCUT2D eigenvalue weighted by molar-refractivity contribution is -0.121. The van der Waals surface area contributed by atoms with Gasteiger partial charge in [-0.1, -0.05) is 23.5 Å². The van der Waals surface area contributed by atoms with E-state index in [1.165, 1.54) is 18.4 Å². The minimum Gasteiger partial charge on any atom is -0.495 e. The summed E-state index contributed by atoms with van der Waals surface area (Å²) >= 11 is 1.23. The van der Waals surface area contributed by atoms with Crippen molar-refractivity contribution in [3.05, 3.63) is 42.5 Å². The number of carbonyl (C=O) groups is 3. The van der Waals surface area contributed by atoms with Gasteiger partial charge in [0.2, 0.25) is 11.8 Å². The number of methoxy groups -OCH3 is 1. The van der Waals surface area contributed by atoms with Gasteiger partial charge in [0.1, 0.15) is 5.75 Å². The van der Waals surface area contributed by atoms with Gasteiger partial charge < -0.3 is 15.4 Å². The van der Waals surface area contributed by atoms with Crippen LogP contribution >= 0.6 is 11.3 Å². The van der Waals surface area contributed by atoms with Crippen LogP contribution in [0.1, 0.15) is 12.8 Å². The SMILES string of the molecule is COc1ccccc1NC(=O)Nc1ccc2nc(N3C(=O)CCC3=O)sc2c1. The summed E-state index contributed by atoms with van der Waals surface area (Å²) < 4.78 is 5.98. The Morgan fingerprint density at radius 2 is 1.86 bits per heavy atom. The molecule has 4 amide bonds. The maximum Gasteiger partial charge on any atom is 0.323 e. The maximum absolute atomic E-state index is 12.3. The third-order valence-electron chi connectivity index (χ3n) is 4.23. The molecule has 4 rings (SSSR count). The van der Waals surface area contributed by atoms with Gasteiger partial charge in [0.15, 0.2) is 5.13 Å². The number of rotatable bonds is 4. The van der Waals surface area contributed by atoms with Gasteiger partial charge in [0.25, 0.3) is 0 Å². The van der Waals surface area contributed by atoms with Crippen LogP contribution in [0.25, 0.3) is 10.2 Å². The van der Waals surface area contributed by atoms with Crippen LogP contribution in [-0.2, 0) is 9.59 Å². The number of nitrogens with zero attached hydrogens (tertiary/aromatic N) is 2. The highest BCUT2D eigenvalue weighted by Crippen LogP contribution is 2.33. The first-order valence-corrected chi connectivity index (χ1v) is 9.34. The van der Waals surface area contributed by atoms with Gasteiger partial charge in [-0.3, -0.25) is 9.59 Å². The van der Waals surface area contributed by atoms with Crippen molar-refractivity contribution < 1.29 is 19.1 Å². The van der Waals surface area contributed by atoms with E-state index in [9.17, 15) is 14.4 Å². The average Bonchev–Trinajstić information content (AvgIpc) is 3.24. The van der Waals surface area contributed by atoms with Crippen LogP contribution in [0.15, 0.2) is 42.5 Å². The molecular formula is C19H16N4O4S. The number of imide groups is 1. The zero-order valence-corrected chi connectivity index (χ0v) is 15.7. The molecule has 0 aliphatic carbocycles. The Bertz CT molecular complexity index is 1080. The van der Waals surface area contributed by atoms with E-state index in [4.69, 9.17) is 4.74 Å². The summed E-state index contributed by atoms with van der Waals surface area (Å²) in [5, 5.41) is 5.85. The Balaban J connectivity index is 1.52. The van der Waals surface area contributed by atoms with Crippen molar-refractivity contribution in [2.75, 3.05) is 22.6 Å². The fourth-order valence-electron chi connectivity index (χ4n) is 2.91. The predicted octanol–water partition coefficient (Wildman–Crippen LogP) is 3.60. The molecule has 0 unspecified atom stereocenters. The second-order valence-electron chi connectivity index (χ2n) is 6.08. The number of para-hydroxylation sites is 2. The molecule has 2 aromatic carbocycles. The Labute approximate surface area is 164 Å². The van der Waals surface area contributed by atoms with Gasteiger partial charge in [0.05, 0.1) is 23.0 Å². The lowest BCUT2D eigenvalue weighted by atomic mass is 10.3. The third kappa shape index (κ3) is 3.39. The zero-order valence-electron chi connectivity index (χ0n) is 14.9. The molecule has 0 bridgehead atoms. The van der Waals surface area contributed by atoms with Crippen LogP contribution in [0.5, 0.6) is 5.75 Å². The van der Waals surface area contributed by atoms with Gasteiger partial charge in [-0.2, -0.15) is 0 Å². The highest BCUT2D eigenvalue weighted by molar-refractivity contribution is 7.22. The van der Waals surface area contributed by atoms with E-state index in [-0.39, 0.29) is 24.7 Å². The van der Waals surface area contributed by atoms with Crippen molar-refractivity contribution in [2.24, 2.45) is 0 Å². The molecule has 1 aliphatic rings. The van der Waals surface area contributed by atoms with Gasteiger partial charge in [-0.25, -0.2) is 14.7 Å². The Hall–Kier alpha value is -3.46. The molecule has 2 heterocycles. The molecule has 0 spiro atoms. The minimum absolute atomic E-state index is 0.213. The first kappa shape index (κ1) is 17.9. The topological polar surface area (TPSA) is 101 Å². The largest absolute Gasteiger partial charge is 0.495 e. The van der Waals surface area contributed by atoms with Crippen LogP contribution in [0, 0.1) is 0 Å². The van der Waals surface area contributed by atoms with Crippen molar-refractivity contribution in [3.8, 4) is 5.75 Å². The zero-order chi connectivity index (χ0) is 19.7. The van der Waals surface area contributed by atoms with E-state index in [2.05, 4.69) is 15.6 Å². The highest BCUT2D eigenvalue weighted by atomic mass is 32.1. The fraction of sp³-hybridized carbons (Fsp3) is 0.158. The molecule has 2 N–H and O–H groups in total. The smallest absolute Gasteiger partial charge is 0.323 e. The van der Waals surface area contributed by atoms with E-state index >= 15 is 0 Å². The van der Waals surface area contributed by atoms with E-state index in [1.54, 1.807) is 36.4 Å². The van der Waals surface area contributed by atoms with E-state index in [1.807, 2.05) is 6.07 Å².